The van der Waals surface area contributed by atoms with Crippen LogP contribution in [0.3, 0.4) is 0 Å². The Bertz CT molecular complexity index is 825. The van der Waals surface area contributed by atoms with Crippen molar-refractivity contribution >= 4 is 5.91 Å². The van der Waals surface area contributed by atoms with Crippen molar-refractivity contribution in [3.8, 4) is 11.3 Å². The standard InChI is InChI=1S/C16H12FN5O/c17-13-9-19-5-3-12(13)16(23)22-10-14-15(21-7-6-20-14)11-2-1-4-18-8-11/h1-9H,10H2,(H,22,23). The molecule has 0 aliphatic heterocycles. The Labute approximate surface area is 131 Å². The van der Waals surface area contributed by atoms with Crippen LogP contribution in [0.2, 0.25) is 0 Å². The van der Waals surface area contributed by atoms with E-state index in [1.54, 1.807) is 24.7 Å². The van der Waals surface area contributed by atoms with E-state index in [0.717, 1.165) is 11.8 Å². The molecule has 0 atom stereocenters. The number of nitrogens with one attached hydrogen (secondary N) is 1. The number of amides is 1. The van der Waals surface area contributed by atoms with Crippen LogP contribution in [-0.4, -0.2) is 25.8 Å². The second-order valence-electron chi connectivity index (χ2n) is 4.63. The lowest BCUT2D eigenvalue weighted by atomic mass is 10.1. The van der Waals surface area contributed by atoms with Crippen molar-refractivity contribution in [1.82, 2.24) is 25.3 Å². The highest BCUT2D eigenvalue weighted by atomic mass is 19.1. The molecule has 7 heteroatoms. The van der Waals surface area contributed by atoms with Gasteiger partial charge in [0.05, 0.1) is 29.7 Å². The van der Waals surface area contributed by atoms with Gasteiger partial charge in [0.15, 0.2) is 5.82 Å². The summed E-state index contributed by atoms with van der Waals surface area (Å²) < 4.78 is 13.6. The van der Waals surface area contributed by atoms with Crippen LogP contribution < -0.4 is 5.32 Å². The summed E-state index contributed by atoms with van der Waals surface area (Å²) >= 11 is 0. The minimum absolute atomic E-state index is 0.0631. The molecule has 0 radical (unpaired) electrons. The van der Waals surface area contributed by atoms with Crippen molar-refractivity contribution in [3.05, 3.63) is 72.5 Å². The van der Waals surface area contributed by atoms with E-state index in [4.69, 9.17) is 0 Å². The molecule has 3 rings (SSSR count). The van der Waals surface area contributed by atoms with Crippen LogP contribution in [0, 0.1) is 5.82 Å². The molecular weight excluding hydrogens is 297 g/mol. The summed E-state index contributed by atoms with van der Waals surface area (Å²) in [5.74, 6) is -1.20. The van der Waals surface area contributed by atoms with Crippen molar-refractivity contribution < 1.29 is 9.18 Å². The lowest BCUT2D eigenvalue weighted by molar-refractivity contribution is 0.0946. The van der Waals surface area contributed by atoms with Crippen LogP contribution in [0.15, 0.2) is 55.4 Å². The van der Waals surface area contributed by atoms with Gasteiger partial charge in [-0.25, -0.2) is 4.39 Å². The number of carbonyl (C=O) groups excluding carboxylic acids is 1. The number of hydrogen-bond donors (Lipinski definition) is 1. The van der Waals surface area contributed by atoms with Crippen molar-refractivity contribution in [1.29, 1.82) is 0 Å². The van der Waals surface area contributed by atoms with E-state index in [1.807, 2.05) is 6.07 Å². The third-order valence-corrected chi connectivity index (χ3v) is 3.14. The summed E-state index contributed by atoms with van der Waals surface area (Å²) in [6, 6.07) is 4.97. The summed E-state index contributed by atoms with van der Waals surface area (Å²) in [6.45, 7) is 0.124. The van der Waals surface area contributed by atoms with Gasteiger partial charge in [0, 0.05) is 36.5 Å². The second kappa shape index (κ2) is 6.69. The van der Waals surface area contributed by atoms with E-state index in [2.05, 4.69) is 25.3 Å². The fraction of sp³-hybridized carbons (Fsp3) is 0.0625. The van der Waals surface area contributed by atoms with Crippen LogP contribution in [0.5, 0.6) is 0 Å². The molecular formula is C16H12FN5O. The molecule has 114 valence electrons. The first-order valence-electron chi connectivity index (χ1n) is 6.83. The van der Waals surface area contributed by atoms with Gasteiger partial charge in [0.25, 0.3) is 5.91 Å². The lowest BCUT2D eigenvalue weighted by Crippen LogP contribution is -2.24. The topological polar surface area (TPSA) is 80.7 Å². The molecule has 3 aromatic heterocycles. The molecule has 0 aliphatic carbocycles. The van der Waals surface area contributed by atoms with Gasteiger partial charge in [0.1, 0.15) is 0 Å². The van der Waals surface area contributed by atoms with Crippen molar-refractivity contribution in [2.45, 2.75) is 6.54 Å². The Morgan fingerprint density at radius 1 is 1.04 bits per heavy atom. The first-order chi connectivity index (χ1) is 11.3. The van der Waals surface area contributed by atoms with Crippen molar-refractivity contribution in [2.24, 2.45) is 0 Å². The Morgan fingerprint density at radius 2 is 1.87 bits per heavy atom. The van der Waals surface area contributed by atoms with Gasteiger partial charge in [-0.2, -0.15) is 0 Å². The number of nitrogens with zero attached hydrogens (tertiary/aromatic N) is 4. The number of hydrogen-bond acceptors (Lipinski definition) is 5. The van der Waals surface area contributed by atoms with E-state index < -0.39 is 11.7 Å². The highest BCUT2D eigenvalue weighted by molar-refractivity contribution is 5.94. The minimum atomic E-state index is -0.670. The van der Waals surface area contributed by atoms with Crippen molar-refractivity contribution in [3.63, 3.8) is 0 Å². The van der Waals surface area contributed by atoms with Gasteiger partial charge in [-0.15, -0.1) is 0 Å². The summed E-state index contributed by atoms with van der Waals surface area (Å²) in [7, 11) is 0. The molecule has 0 spiro atoms. The van der Waals surface area contributed by atoms with Gasteiger partial charge in [-0.1, -0.05) is 0 Å². The van der Waals surface area contributed by atoms with Gasteiger partial charge in [-0.3, -0.25) is 24.7 Å². The molecule has 23 heavy (non-hydrogen) atoms. The number of aromatic nitrogens is 4. The molecule has 0 saturated heterocycles. The maximum absolute atomic E-state index is 13.6. The highest BCUT2D eigenvalue weighted by Gasteiger charge is 2.13. The minimum Gasteiger partial charge on any atom is -0.346 e. The third-order valence-electron chi connectivity index (χ3n) is 3.14. The first-order valence-corrected chi connectivity index (χ1v) is 6.83. The normalized spacial score (nSPS) is 10.3. The molecule has 1 N–H and O–H groups in total. The molecule has 0 aromatic carbocycles. The molecule has 0 saturated carbocycles. The Balaban J connectivity index is 1.79. The fourth-order valence-corrected chi connectivity index (χ4v) is 2.06. The molecule has 6 nitrogen and oxygen atoms in total. The maximum Gasteiger partial charge on any atom is 0.254 e. The molecule has 1 amide bonds. The van der Waals surface area contributed by atoms with E-state index in [0.29, 0.717) is 11.4 Å². The SMILES string of the molecule is O=C(NCc1nccnc1-c1cccnc1)c1ccncc1F. The molecule has 0 unspecified atom stereocenters. The zero-order chi connectivity index (χ0) is 16.1. The predicted molar refractivity (Wildman–Crippen MR) is 80.6 cm³/mol. The van der Waals surface area contributed by atoms with E-state index >= 15 is 0 Å². The predicted octanol–water partition coefficient (Wildman–Crippen LogP) is 2.00. The molecule has 3 aromatic rings. The zero-order valence-corrected chi connectivity index (χ0v) is 12.0. The van der Waals surface area contributed by atoms with E-state index in [1.165, 1.54) is 18.5 Å². The van der Waals surface area contributed by atoms with Gasteiger partial charge in [0.2, 0.25) is 0 Å². The summed E-state index contributed by atoms with van der Waals surface area (Å²) in [4.78, 5) is 28.2. The number of pyridine rings is 2. The van der Waals surface area contributed by atoms with Gasteiger partial charge >= 0.3 is 0 Å². The number of carbonyl (C=O) groups is 1. The van der Waals surface area contributed by atoms with Crippen LogP contribution in [0.1, 0.15) is 16.1 Å². The highest BCUT2D eigenvalue weighted by Crippen LogP contribution is 2.18. The molecule has 0 bridgehead atoms. The van der Waals surface area contributed by atoms with Crippen LogP contribution >= 0.6 is 0 Å². The number of halogens is 1. The van der Waals surface area contributed by atoms with E-state index in [-0.39, 0.29) is 12.1 Å². The summed E-state index contributed by atoms with van der Waals surface area (Å²) in [6.07, 6.45) is 8.79. The van der Waals surface area contributed by atoms with Crippen LogP contribution in [-0.2, 0) is 6.54 Å². The number of rotatable bonds is 4. The zero-order valence-electron chi connectivity index (χ0n) is 12.0. The molecule has 3 heterocycles. The van der Waals surface area contributed by atoms with Crippen LogP contribution in [0.25, 0.3) is 11.3 Å². The lowest BCUT2D eigenvalue weighted by Gasteiger charge is -2.09. The second-order valence-corrected chi connectivity index (χ2v) is 4.63. The Hall–Kier alpha value is -3.22. The molecule has 0 aliphatic rings. The Morgan fingerprint density at radius 3 is 2.65 bits per heavy atom. The Kier molecular flexibility index (Phi) is 4.28. The summed E-state index contributed by atoms with van der Waals surface area (Å²) in [5.41, 5.74) is 1.92. The molecule has 0 fully saturated rings. The van der Waals surface area contributed by atoms with Gasteiger partial charge in [-0.05, 0) is 18.2 Å². The third kappa shape index (κ3) is 3.34. The smallest absolute Gasteiger partial charge is 0.254 e. The quantitative estimate of drug-likeness (QED) is 0.797. The van der Waals surface area contributed by atoms with Gasteiger partial charge < -0.3 is 5.32 Å². The maximum atomic E-state index is 13.6. The monoisotopic (exact) mass is 309 g/mol. The summed E-state index contributed by atoms with van der Waals surface area (Å²) in [5, 5.41) is 2.64. The largest absolute Gasteiger partial charge is 0.346 e. The fourth-order valence-electron chi connectivity index (χ4n) is 2.06. The van der Waals surface area contributed by atoms with Crippen LogP contribution in [0.4, 0.5) is 4.39 Å². The average molecular weight is 309 g/mol. The first kappa shape index (κ1) is 14.7. The van der Waals surface area contributed by atoms with E-state index in [9.17, 15) is 9.18 Å². The average Bonchev–Trinajstić information content (AvgIpc) is 2.61. The van der Waals surface area contributed by atoms with Crippen molar-refractivity contribution in [2.75, 3.05) is 0 Å².